The van der Waals surface area contributed by atoms with Gasteiger partial charge in [0.1, 0.15) is 5.82 Å². The molecule has 0 spiro atoms. The van der Waals surface area contributed by atoms with Gasteiger partial charge in [0.25, 0.3) is 0 Å². The third kappa shape index (κ3) is 4.12. The standard InChI is InChI=1S/C16H24N4O/c1-3-15-18-16(4-2)20(19-15)11-14(21)13(17)10-12-8-6-5-7-9-12/h5-9,13-14,21H,3-4,10-11,17H2,1-2H3. The molecule has 0 aliphatic rings. The minimum atomic E-state index is -0.637. The maximum absolute atomic E-state index is 10.3. The number of aliphatic hydroxyl groups is 1. The Morgan fingerprint density at radius 1 is 1.19 bits per heavy atom. The highest BCUT2D eigenvalue weighted by Gasteiger charge is 2.18. The molecule has 5 heteroatoms. The summed E-state index contributed by atoms with van der Waals surface area (Å²) >= 11 is 0. The van der Waals surface area contributed by atoms with Crippen LogP contribution < -0.4 is 5.73 Å². The minimum absolute atomic E-state index is 0.314. The second-order valence-corrected chi connectivity index (χ2v) is 5.25. The van der Waals surface area contributed by atoms with Crippen molar-refractivity contribution in [3.8, 4) is 0 Å². The van der Waals surface area contributed by atoms with Crippen LogP contribution in [0.25, 0.3) is 0 Å². The quantitative estimate of drug-likeness (QED) is 0.806. The Balaban J connectivity index is 2.00. The number of aryl methyl sites for hydroxylation is 2. The molecule has 1 aromatic carbocycles. The van der Waals surface area contributed by atoms with Crippen LogP contribution in [0.5, 0.6) is 0 Å². The molecule has 0 saturated heterocycles. The number of rotatable bonds is 7. The molecule has 21 heavy (non-hydrogen) atoms. The Bertz CT molecular complexity index is 553. The van der Waals surface area contributed by atoms with Crippen LogP contribution in [-0.2, 0) is 25.8 Å². The van der Waals surface area contributed by atoms with E-state index in [9.17, 15) is 5.11 Å². The fraction of sp³-hybridized carbons (Fsp3) is 0.500. The normalized spacial score (nSPS) is 14.1. The van der Waals surface area contributed by atoms with E-state index in [4.69, 9.17) is 5.73 Å². The van der Waals surface area contributed by atoms with Gasteiger partial charge >= 0.3 is 0 Å². The summed E-state index contributed by atoms with van der Waals surface area (Å²) in [6.07, 6.45) is 1.61. The monoisotopic (exact) mass is 288 g/mol. The van der Waals surface area contributed by atoms with E-state index in [2.05, 4.69) is 10.1 Å². The van der Waals surface area contributed by atoms with Gasteiger partial charge < -0.3 is 10.8 Å². The van der Waals surface area contributed by atoms with Crippen LogP contribution in [0.1, 0.15) is 31.1 Å². The first-order valence-electron chi connectivity index (χ1n) is 7.54. The number of benzene rings is 1. The molecule has 1 aromatic heterocycles. The third-order valence-electron chi connectivity index (χ3n) is 3.59. The summed E-state index contributed by atoms with van der Waals surface area (Å²) in [7, 11) is 0. The Morgan fingerprint density at radius 2 is 1.90 bits per heavy atom. The molecule has 5 nitrogen and oxygen atoms in total. The zero-order valence-corrected chi connectivity index (χ0v) is 12.7. The first kappa shape index (κ1) is 15.7. The largest absolute Gasteiger partial charge is 0.390 e. The maximum Gasteiger partial charge on any atom is 0.150 e. The highest BCUT2D eigenvalue weighted by Crippen LogP contribution is 2.08. The number of nitrogens with zero attached hydrogens (tertiary/aromatic N) is 3. The Morgan fingerprint density at radius 3 is 2.52 bits per heavy atom. The molecule has 2 rings (SSSR count). The summed E-state index contributed by atoms with van der Waals surface area (Å²) in [5.41, 5.74) is 7.25. The van der Waals surface area contributed by atoms with Crippen LogP contribution >= 0.6 is 0 Å². The predicted octanol–water partition coefficient (Wildman–Crippen LogP) is 1.33. The summed E-state index contributed by atoms with van der Waals surface area (Å²) in [5, 5.41) is 14.7. The van der Waals surface area contributed by atoms with Crippen LogP contribution in [0, 0.1) is 0 Å². The van der Waals surface area contributed by atoms with Gasteiger partial charge in [0.05, 0.1) is 12.6 Å². The summed E-state index contributed by atoms with van der Waals surface area (Å²) in [6.45, 7) is 4.46. The van der Waals surface area contributed by atoms with Gasteiger partial charge in [0.2, 0.25) is 0 Å². The van der Waals surface area contributed by atoms with Crippen LogP contribution in [0.2, 0.25) is 0 Å². The van der Waals surface area contributed by atoms with E-state index < -0.39 is 6.10 Å². The summed E-state index contributed by atoms with van der Waals surface area (Å²) in [5.74, 6) is 1.72. The predicted molar refractivity (Wildman–Crippen MR) is 82.9 cm³/mol. The number of aromatic nitrogens is 3. The molecule has 0 aliphatic carbocycles. The van der Waals surface area contributed by atoms with Gasteiger partial charge in [-0.15, -0.1) is 0 Å². The highest BCUT2D eigenvalue weighted by molar-refractivity contribution is 5.16. The summed E-state index contributed by atoms with van der Waals surface area (Å²) in [4.78, 5) is 4.44. The fourth-order valence-corrected chi connectivity index (χ4v) is 2.32. The number of aliphatic hydroxyl groups excluding tert-OH is 1. The van der Waals surface area contributed by atoms with Crippen molar-refractivity contribution >= 4 is 0 Å². The Labute approximate surface area is 125 Å². The lowest BCUT2D eigenvalue weighted by Gasteiger charge is -2.19. The van der Waals surface area contributed by atoms with Crippen molar-refractivity contribution in [3.05, 3.63) is 47.5 Å². The van der Waals surface area contributed by atoms with Crippen molar-refractivity contribution < 1.29 is 5.11 Å². The van der Waals surface area contributed by atoms with E-state index in [0.717, 1.165) is 30.1 Å². The number of hydrogen-bond donors (Lipinski definition) is 2. The SMILES string of the molecule is CCc1nc(CC)n(CC(O)C(N)Cc2ccccc2)n1. The van der Waals surface area contributed by atoms with Crippen molar-refractivity contribution in [2.24, 2.45) is 5.73 Å². The zero-order chi connectivity index (χ0) is 15.2. The van der Waals surface area contributed by atoms with Crippen molar-refractivity contribution in [1.82, 2.24) is 14.8 Å². The van der Waals surface area contributed by atoms with Crippen molar-refractivity contribution in [3.63, 3.8) is 0 Å². The Hall–Kier alpha value is -1.72. The molecule has 2 atom stereocenters. The van der Waals surface area contributed by atoms with Gasteiger partial charge in [0.15, 0.2) is 5.82 Å². The van der Waals surface area contributed by atoms with Crippen molar-refractivity contribution in [2.75, 3.05) is 0 Å². The average molecular weight is 288 g/mol. The molecular weight excluding hydrogens is 264 g/mol. The first-order valence-corrected chi connectivity index (χ1v) is 7.54. The first-order chi connectivity index (χ1) is 10.1. The topological polar surface area (TPSA) is 77.0 Å². The highest BCUT2D eigenvalue weighted by atomic mass is 16.3. The molecular formula is C16H24N4O. The zero-order valence-electron chi connectivity index (χ0n) is 12.7. The smallest absolute Gasteiger partial charge is 0.150 e. The molecule has 0 fully saturated rings. The molecule has 0 aliphatic heterocycles. The number of hydrogen-bond acceptors (Lipinski definition) is 4. The van der Waals surface area contributed by atoms with Crippen LogP contribution in [0.15, 0.2) is 30.3 Å². The van der Waals surface area contributed by atoms with Crippen LogP contribution in [0.3, 0.4) is 0 Å². The van der Waals surface area contributed by atoms with E-state index in [1.165, 1.54) is 0 Å². The lowest BCUT2D eigenvalue weighted by molar-refractivity contribution is 0.119. The maximum atomic E-state index is 10.3. The van der Waals surface area contributed by atoms with E-state index in [1.807, 2.05) is 44.2 Å². The van der Waals surface area contributed by atoms with Crippen molar-refractivity contribution in [1.29, 1.82) is 0 Å². The van der Waals surface area contributed by atoms with E-state index >= 15 is 0 Å². The lowest BCUT2D eigenvalue weighted by Crippen LogP contribution is -2.39. The summed E-state index contributed by atoms with van der Waals surface area (Å²) in [6, 6.07) is 9.67. The van der Waals surface area contributed by atoms with Crippen LogP contribution in [-0.4, -0.2) is 32.0 Å². The number of nitrogens with two attached hydrogens (primary N) is 1. The van der Waals surface area contributed by atoms with Gasteiger partial charge in [-0.2, -0.15) is 5.10 Å². The van der Waals surface area contributed by atoms with E-state index in [1.54, 1.807) is 4.68 Å². The Kier molecular flexibility index (Phi) is 5.47. The van der Waals surface area contributed by atoms with Crippen LogP contribution in [0.4, 0.5) is 0 Å². The van der Waals surface area contributed by atoms with Gasteiger partial charge in [-0.1, -0.05) is 44.2 Å². The molecule has 2 aromatic rings. The van der Waals surface area contributed by atoms with Crippen molar-refractivity contribution in [2.45, 2.75) is 51.8 Å². The van der Waals surface area contributed by atoms with Gasteiger partial charge in [-0.25, -0.2) is 9.67 Å². The van der Waals surface area contributed by atoms with Gasteiger partial charge in [-0.3, -0.25) is 0 Å². The molecule has 0 radical (unpaired) electrons. The average Bonchev–Trinajstić information content (AvgIpc) is 2.90. The summed E-state index contributed by atoms with van der Waals surface area (Å²) < 4.78 is 1.79. The van der Waals surface area contributed by atoms with Gasteiger partial charge in [-0.05, 0) is 12.0 Å². The molecule has 0 saturated carbocycles. The second kappa shape index (κ2) is 7.33. The minimum Gasteiger partial charge on any atom is -0.390 e. The van der Waals surface area contributed by atoms with E-state index in [-0.39, 0.29) is 6.04 Å². The molecule has 0 amide bonds. The fourth-order valence-electron chi connectivity index (χ4n) is 2.32. The molecule has 2 unspecified atom stereocenters. The second-order valence-electron chi connectivity index (χ2n) is 5.25. The lowest BCUT2D eigenvalue weighted by atomic mass is 10.0. The van der Waals surface area contributed by atoms with E-state index in [0.29, 0.717) is 13.0 Å². The molecule has 1 heterocycles. The van der Waals surface area contributed by atoms with Gasteiger partial charge in [0, 0.05) is 18.9 Å². The molecule has 114 valence electrons. The third-order valence-corrected chi connectivity index (χ3v) is 3.59. The molecule has 0 bridgehead atoms. The molecule has 3 N–H and O–H groups in total.